The Kier molecular flexibility index (Phi) is 4.82. The first-order chi connectivity index (χ1) is 6.09. The van der Waals surface area contributed by atoms with Crippen LogP contribution in [0, 0.1) is 5.21 Å². The van der Waals surface area contributed by atoms with E-state index < -0.39 is 12.0 Å². The highest BCUT2D eigenvalue weighted by Gasteiger charge is 2.13. The molecule has 0 aliphatic rings. The molecule has 6 nitrogen and oxygen atoms in total. The minimum absolute atomic E-state index is 0. The van der Waals surface area contributed by atoms with Crippen molar-refractivity contribution in [2.24, 2.45) is 5.73 Å². The van der Waals surface area contributed by atoms with Crippen molar-refractivity contribution in [1.29, 1.82) is 0 Å². The molecule has 1 aromatic heterocycles. The molecule has 0 aliphatic heterocycles. The Morgan fingerprint density at radius 2 is 2.43 bits per heavy atom. The third-order valence-electron chi connectivity index (χ3n) is 1.49. The van der Waals surface area contributed by atoms with E-state index in [4.69, 9.17) is 10.8 Å². The lowest BCUT2D eigenvalue weighted by atomic mass is 10.1. The summed E-state index contributed by atoms with van der Waals surface area (Å²) in [6.07, 6.45) is 3.84. The lowest BCUT2D eigenvalue weighted by Crippen LogP contribution is -2.34. The van der Waals surface area contributed by atoms with Crippen LogP contribution in [-0.4, -0.2) is 22.1 Å². The highest BCUT2D eigenvalue weighted by Crippen LogP contribution is 1.96. The van der Waals surface area contributed by atoms with Gasteiger partial charge in [0.2, 0.25) is 0 Å². The van der Waals surface area contributed by atoms with Crippen LogP contribution in [-0.2, 0) is 11.2 Å². The number of carboxylic acids is 1. The van der Waals surface area contributed by atoms with Crippen LogP contribution in [0.25, 0.3) is 0 Å². The Morgan fingerprint density at radius 1 is 1.79 bits per heavy atom. The number of hydrogen-bond donors (Lipinski definition) is 2. The summed E-state index contributed by atoms with van der Waals surface area (Å²) < 4.78 is 0.504. The summed E-state index contributed by atoms with van der Waals surface area (Å²) in [6.45, 7) is 0. The molecular weight excluding hydrogens is 210 g/mol. The molecule has 0 fully saturated rings. The Hall–Kier alpha value is -1.40. The monoisotopic (exact) mass is 219 g/mol. The van der Waals surface area contributed by atoms with E-state index in [1.165, 1.54) is 12.4 Å². The van der Waals surface area contributed by atoms with Gasteiger partial charge in [0.1, 0.15) is 18.4 Å². The molecule has 0 spiro atoms. The number of rotatable bonds is 3. The third kappa shape index (κ3) is 3.55. The zero-order valence-corrected chi connectivity index (χ0v) is 7.98. The quantitative estimate of drug-likeness (QED) is 0.506. The molecule has 3 N–H and O–H groups in total. The van der Waals surface area contributed by atoms with Crippen molar-refractivity contribution < 1.29 is 14.6 Å². The van der Waals surface area contributed by atoms with Crippen molar-refractivity contribution in [2.45, 2.75) is 12.5 Å². The largest absolute Gasteiger partial charge is 0.711 e. The van der Waals surface area contributed by atoms with Crippen LogP contribution in [0.1, 0.15) is 5.56 Å². The summed E-state index contributed by atoms with van der Waals surface area (Å²) in [7, 11) is 0. The molecule has 0 aliphatic carbocycles. The van der Waals surface area contributed by atoms with E-state index in [1.807, 2.05) is 0 Å². The second-order valence-electron chi connectivity index (χ2n) is 2.61. The van der Waals surface area contributed by atoms with Gasteiger partial charge in [-0.05, 0) is 0 Å². The molecule has 1 heterocycles. The van der Waals surface area contributed by atoms with Crippen molar-refractivity contribution in [2.75, 3.05) is 0 Å². The van der Waals surface area contributed by atoms with E-state index in [0.717, 1.165) is 6.33 Å². The van der Waals surface area contributed by atoms with E-state index in [2.05, 4.69) is 4.98 Å². The van der Waals surface area contributed by atoms with Crippen LogP contribution in [0.15, 0.2) is 18.7 Å². The summed E-state index contributed by atoms with van der Waals surface area (Å²) in [5.41, 5.74) is 5.77. The lowest BCUT2D eigenvalue weighted by molar-refractivity contribution is -0.609. The van der Waals surface area contributed by atoms with Crippen LogP contribution in [0.5, 0.6) is 0 Å². The summed E-state index contributed by atoms with van der Waals surface area (Å²) in [6, 6.07) is -0.996. The Morgan fingerprint density at radius 3 is 2.93 bits per heavy atom. The van der Waals surface area contributed by atoms with Crippen molar-refractivity contribution in [3.05, 3.63) is 29.5 Å². The number of nitrogens with two attached hydrogens (primary N) is 1. The van der Waals surface area contributed by atoms with Gasteiger partial charge in [0, 0.05) is 12.0 Å². The van der Waals surface area contributed by atoms with Gasteiger partial charge >= 0.3 is 5.97 Å². The summed E-state index contributed by atoms with van der Waals surface area (Å²) in [4.78, 5) is 14.0. The first-order valence-corrected chi connectivity index (χ1v) is 3.60. The van der Waals surface area contributed by atoms with E-state index in [9.17, 15) is 10.0 Å². The zero-order chi connectivity index (χ0) is 9.84. The van der Waals surface area contributed by atoms with Crippen LogP contribution < -0.4 is 10.5 Å². The first-order valence-electron chi connectivity index (χ1n) is 3.60. The summed E-state index contributed by atoms with van der Waals surface area (Å²) >= 11 is 0. The molecule has 0 saturated carbocycles. The highest BCUT2D eigenvalue weighted by molar-refractivity contribution is 5.85. The fourth-order valence-corrected chi connectivity index (χ4v) is 0.872. The van der Waals surface area contributed by atoms with Crippen molar-refractivity contribution >= 4 is 18.4 Å². The molecule has 0 radical (unpaired) electrons. The van der Waals surface area contributed by atoms with Gasteiger partial charge in [-0.2, -0.15) is 0 Å². The molecule has 1 rings (SSSR count). The van der Waals surface area contributed by atoms with E-state index in [-0.39, 0.29) is 18.8 Å². The van der Waals surface area contributed by atoms with Crippen molar-refractivity contribution in [1.82, 2.24) is 4.98 Å². The maximum Gasteiger partial charge on any atom is 0.320 e. The van der Waals surface area contributed by atoms with E-state index in [1.54, 1.807) is 0 Å². The van der Waals surface area contributed by atoms with Gasteiger partial charge in [-0.3, -0.25) is 4.79 Å². The van der Waals surface area contributed by atoms with Crippen molar-refractivity contribution in [3.8, 4) is 0 Å². The molecule has 0 saturated heterocycles. The van der Waals surface area contributed by atoms with Gasteiger partial charge in [-0.15, -0.1) is 12.4 Å². The smallest absolute Gasteiger partial charge is 0.320 e. The standard InChI is InChI=1S/C7H9N3O3.ClH/c8-6(7(11)12)1-5-2-9-4-10(13)3-5;/h2-4,6H,1,8H2,(H,11,12);1H. The summed E-state index contributed by atoms with van der Waals surface area (Å²) in [5.74, 6) is -1.10. The normalized spacial score (nSPS) is 11.5. The molecule has 78 valence electrons. The second-order valence-corrected chi connectivity index (χ2v) is 2.61. The number of aromatic nitrogens is 2. The van der Waals surface area contributed by atoms with Gasteiger partial charge in [-0.1, -0.05) is 4.98 Å². The van der Waals surface area contributed by atoms with Gasteiger partial charge in [0.15, 0.2) is 0 Å². The molecule has 1 unspecified atom stereocenters. The van der Waals surface area contributed by atoms with Crippen LogP contribution in [0.4, 0.5) is 0 Å². The fraction of sp³-hybridized carbons (Fsp3) is 0.286. The number of hydrogen-bond acceptors (Lipinski definition) is 4. The van der Waals surface area contributed by atoms with Crippen LogP contribution in [0.2, 0.25) is 0 Å². The maximum absolute atomic E-state index is 10.7. The third-order valence-corrected chi connectivity index (χ3v) is 1.49. The summed E-state index contributed by atoms with van der Waals surface area (Å²) in [5, 5.41) is 19.2. The fourth-order valence-electron chi connectivity index (χ4n) is 0.872. The second kappa shape index (κ2) is 5.36. The van der Waals surface area contributed by atoms with Gasteiger partial charge in [0.05, 0.1) is 0 Å². The van der Waals surface area contributed by atoms with E-state index >= 15 is 0 Å². The minimum atomic E-state index is -1.10. The average Bonchev–Trinajstić information content (AvgIpc) is 2.04. The van der Waals surface area contributed by atoms with Crippen molar-refractivity contribution in [3.63, 3.8) is 0 Å². The molecule has 0 bridgehead atoms. The zero-order valence-electron chi connectivity index (χ0n) is 7.16. The average molecular weight is 220 g/mol. The number of carbonyl (C=O) groups is 1. The molecule has 1 aromatic rings. The first kappa shape index (κ1) is 12.6. The molecular formula is C7H10ClN3O3. The number of aliphatic carboxylic acids is 1. The van der Waals surface area contributed by atoms with Gasteiger partial charge in [0.25, 0.3) is 6.33 Å². The molecule has 0 amide bonds. The Bertz CT molecular complexity index is 321. The predicted octanol–water partition coefficient (Wildman–Crippen LogP) is -0.909. The van der Waals surface area contributed by atoms with Crippen LogP contribution >= 0.6 is 12.4 Å². The minimum Gasteiger partial charge on any atom is -0.711 e. The lowest BCUT2D eigenvalue weighted by Gasteiger charge is -2.05. The Balaban J connectivity index is 0.00000169. The van der Waals surface area contributed by atoms with Gasteiger partial charge < -0.3 is 16.0 Å². The maximum atomic E-state index is 10.7. The van der Waals surface area contributed by atoms with Gasteiger partial charge in [-0.25, -0.2) is 4.73 Å². The number of halogens is 1. The predicted molar refractivity (Wildman–Crippen MR) is 49.8 cm³/mol. The number of nitrogens with zero attached hydrogens (tertiary/aromatic N) is 2. The molecule has 1 atom stereocenters. The van der Waals surface area contributed by atoms with E-state index in [0.29, 0.717) is 10.3 Å². The topological polar surface area (TPSA) is 103 Å². The highest BCUT2D eigenvalue weighted by atomic mass is 35.5. The molecule has 0 aromatic carbocycles. The Labute approximate surface area is 86.4 Å². The molecule has 14 heavy (non-hydrogen) atoms. The molecule has 7 heteroatoms. The number of carboxylic acid groups (broad SMARTS) is 1. The van der Waals surface area contributed by atoms with Crippen LogP contribution in [0.3, 0.4) is 0 Å². The SMILES string of the molecule is Cl.NC(Cc1cnc[n+]([O-])c1)C(=O)O.